The molecule has 0 amide bonds. The van der Waals surface area contributed by atoms with E-state index in [9.17, 15) is 8.42 Å². The molecule has 0 heterocycles. The standard InChI is InChI=1S/C12H25NO3S/c1-11(2)7-10-17(15,16)13(8-4-9-14)12-5-3-6-12/h11-12,14H,3-10H2,1-2H3. The lowest BCUT2D eigenvalue weighted by molar-refractivity contribution is 0.198. The fourth-order valence-corrected chi connectivity index (χ4v) is 4.03. The number of rotatable bonds is 8. The van der Waals surface area contributed by atoms with Crippen molar-refractivity contribution in [1.29, 1.82) is 0 Å². The molecule has 0 spiro atoms. The Morgan fingerprint density at radius 3 is 2.41 bits per heavy atom. The Balaban J connectivity index is 2.59. The van der Waals surface area contributed by atoms with Gasteiger partial charge in [0.1, 0.15) is 0 Å². The summed E-state index contributed by atoms with van der Waals surface area (Å²) in [7, 11) is -3.13. The van der Waals surface area contributed by atoms with Crippen molar-refractivity contribution in [3.8, 4) is 0 Å². The quantitative estimate of drug-likeness (QED) is 0.723. The summed E-state index contributed by atoms with van der Waals surface area (Å²) >= 11 is 0. The minimum absolute atomic E-state index is 0.0585. The van der Waals surface area contributed by atoms with Gasteiger partial charge in [-0.05, 0) is 31.6 Å². The molecule has 0 aromatic rings. The average molecular weight is 263 g/mol. The minimum Gasteiger partial charge on any atom is -0.396 e. The number of nitrogens with zero attached hydrogens (tertiary/aromatic N) is 1. The maximum Gasteiger partial charge on any atom is 0.214 e. The molecule has 1 N–H and O–H groups in total. The first kappa shape index (κ1) is 14.9. The smallest absolute Gasteiger partial charge is 0.214 e. The molecule has 102 valence electrons. The van der Waals surface area contributed by atoms with Gasteiger partial charge in [0.05, 0.1) is 5.75 Å². The summed E-state index contributed by atoms with van der Waals surface area (Å²) in [5.41, 5.74) is 0. The zero-order chi connectivity index (χ0) is 12.9. The molecule has 1 saturated carbocycles. The predicted octanol–water partition coefficient (Wildman–Crippen LogP) is 1.60. The largest absolute Gasteiger partial charge is 0.396 e. The summed E-state index contributed by atoms with van der Waals surface area (Å²) in [5.74, 6) is 0.651. The molecular weight excluding hydrogens is 238 g/mol. The van der Waals surface area contributed by atoms with Crippen molar-refractivity contribution < 1.29 is 13.5 Å². The van der Waals surface area contributed by atoms with E-state index in [0.29, 0.717) is 25.3 Å². The van der Waals surface area contributed by atoms with Gasteiger partial charge in [0.2, 0.25) is 10.0 Å². The van der Waals surface area contributed by atoms with Crippen LogP contribution in [0.1, 0.15) is 46.0 Å². The number of hydrogen-bond donors (Lipinski definition) is 1. The molecule has 4 nitrogen and oxygen atoms in total. The van der Waals surface area contributed by atoms with E-state index in [1.54, 1.807) is 4.31 Å². The van der Waals surface area contributed by atoms with E-state index in [1.807, 2.05) is 13.8 Å². The maximum atomic E-state index is 12.2. The van der Waals surface area contributed by atoms with Crippen molar-refractivity contribution in [2.24, 2.45) is 5.92 Å². The van der Waals surface area contributed by atoms with Crippen LogP contribution in [-0.2, 0) is 10.0 Å². The van der Waals surface area contributed by atoms with Crippen molar-refractivity contribution in [1.82, 2.24) is 4.31 Å². The fourth-order valence-electron chi connectivity index (χ4n) is 1.95. The van der Waals surface area contributed by atoms with Gasteiger partial charge in [-0.1, -0.05) is 20.3 Å². The van der Waals surface area contributed by atoms with Crippen LogP contribution < -0.4 is 0 Å². The first-order chi connectivity index (χ1) is 7.97. The molecule has 0 radical (unpaired) electrons. The van der Waals surface area contributed by atoms with Gasteiger partial charge in [-0.15, -0.1) is 0 Å². The van der Waals surface area contributed by atoms with E-state index in [4.69, 9.17) is 5.11 Å². The molecule has 0 aromatic heterocycles. The lowest BCUT2D eigenvalue weighted by Gasteiger charge is -2.36. The molecule has 0 saturated heterocycles. The van der Waals surface area contributed by atoms with Crippen LogP contribution in [0, 0.1) is 5.92 Å². The van der Waals surface area contributed by atoms with Crippen LogP contribution in [0.5, 0.6) is 0 Å². The normalized spacial score (nSPS) is 17.7. The molecular formula is C12H25NO3S. The summed E-state index contributed by atoms with van der Waals surface area (Å²) < 4.78 is 26.1. The van der Waals surface area contributed by atoms with Gasteiger partial charge in [-0.25, -0.2) is 8.42 Å². The number of sulfonamides is 1. The van der Waals surface area contributed by atoms with Gasteiger partial charge < -0.3 is 5.11 Å². The summed E-state index contributed by atoms with van der Waals surface area (Å²) in [6, 6.07) is 0.193. The molecule has 0 unspecified atom stereocenters. The third-order valence-corrected chi connectivity index (χ3v) is 5.28. The average Bonchev–Trinajstić information content (AvgIpc) is 2.18. The number of hydrogen-bond acceptors (Lipinski definition) is 3. The molecule has 1 fully saturated rings. The Labute approximate surface area is 105 Å². The second-order valence-corrected chi connectivity index (χ2v) is 7.31. The van der Waals surface area contributed by atoms with Crippen LogP contribution >= 0.6 is 0 Å². The van der Waals surface area contributed by atoms with Crippen LogP contribution in [0.15, 0.2) is 0 Å². The lowest BCUT2D eigenvalue weighted by Crippen LogP contribution is -2.45. The zero-order valence-electron chi connectivity index (χ0n) is 10.9. The van der Waals surface area contributed by atoms with Gasteiger partial charge in [0, 0.05) is 19.2 Å². The molecule has 1 aliphatic rings. The highest BCUT2D eigenvalue weighted by Crippen LogP contribution is 2.27. The predicted molar refractivity (Wildman–Crippen MR) is 69.3 cm³/mol. The number of aliphatic hydroxyl groups is 1. The van der Waals surface area contributed by atoms with E-state index in [2.05, 4.69) is 0 Å². The number of aliphatic hydroxyl groups excluding tert-OH is 1. The second-order valence-electron chi connectivity index (χ2n) is 5.27. The Hall–Kier alpha value is -0.130. The topological polar surface area (TPSA) is 57.6 Å². The molecule has 17 heavy (non-hydrogen) atoms. The summed E-state index contributed by atoms with van der Waals surface area (Å²) in [6.45, 7) is 4.61. The molecule has 0 atom stereocenters. The summed E-state index contributed by atoms with van der Waals surface area (Å²) in [4.78, 5) is 0. The first-order valence-corrected chi connectivity index (χ1v) is 8.18. The second kappa shape index (κ2) is 6.71. The summed E-state index contributed by atoms with van der Waals surface area (Å²) in [5, 5.41) is 8.85. The molecule has 5 heteroatoms. The van der Waals surface area contributed by atoms with Crippen molar-refractivity contribution in [2.45, 2.75) is 52.0 Å². The maximum absolute atomic E-state index is 12.2. The van der Waals surface area contributed by atoms with Gasteiger partial charge >= 0.3 is 0 Å². The van der Waals surface area contributed by atoms with E-state index in [1.165, 1.54) is 0 Å². The molecule has 0 aromatic carbocycles. The monoisotopic (exact) mass is 263 g/mol. The van der Waals surface area contributed by atoms with Crippen LogP contribution in [0.4, 0.5) is 0 Å². The molecule has 0 aliphatic heterocycles. The zero-order valence-corrected chi connectivity index (χ0v) is 11.7. The molecule has 1 rings (SSSR count). The Bertz CT molecular complexity index is 310. The Morgan fingerprint density at radius 2 is 2.00 bits per heavy atom. The van der Waals surface area contributed by atoms with Crippen molar-refractivity contribution in [2.75, 3.05) is 18.9 Å². The van der Waals surface area contributed by atoms with E-state index < -0.39 is 10.0 Å². The molecule has 1 aliphatic carbocycles. The Morgan fingerprint density at radius 1 is 1.35 bits per heavy atom. The van der Waals surface area contributed by atoms with Gasteiger partial charge in [0.25, 0.3) is 0 Å². The third-order valence-electron chi connectivity index (χ3n) is 3.33. The fraction of sp³-hybridized carbons (Fsp3) is 1.00. The van der Waals surface area contributed by atoms with Crippen molar-refractivity contribution >= 4 is 10.0 Å². The van der Waals surface area contributed by atoms with E-state index >= 15 is 0 Å². The van der Waals surface area contributed by atoms with Crippen molar-refractivity contribution in [3.63, 3.8) is 0 Å². The third kappa shape index (κ3) is 4.56. The van der Waals surface area contributed by atoms with Gasteiger partial charge in [0.15, 0.2) is 0 Å². The Kier molecular flexibility index (Phi) is 5.89. The highest BCUT2D eigenvalue weighted by molar-refractivity contribution is 7.89. The highest BCUT2D eigenvalue weighted by atomic mass is 32.2. The van der Waals surface area contributed by atoms with Gasteiger partial charge in [-0.2, -0.15) is 4.31 Å². The SMILES string of the molecule is CC(C)CCS(=O)(=O)N(CCCO)C1CCC1. The van der Waals surface area contributed by atoms with Crippen LogP contribution in [0.25, 0.3) is 0 Å². The molecule has 0 bridgehead atoms. The van der Waals surface area contributed by atoms with Crippen LogP contribution in [-0.4, -0.2) is 42.8 Å². The van der Waals surface area contributed by atoms with Crippen LogP contribution in [0.3, 0.4) is 0 Å². The summed E-state index contributed by atoms with van der Waals surface area (Å²) in [6.07, 6.45) is 4.33. The van der Waals surface area contributed by atoms with Crippen molar-refractivity contribution in [3.05, 3.63) is 0 Å². The van der Waals surface area contributed by atoms with Crippen LogP contribution in [0.2, 0.25) is 0 Å². The van der Waals surface area contributed by atoms with E-state index in [-0.39, 0.29) is 18.4 Å². The lowest BCUT2D eigenvalue weighted by atomic mass is 9.93. The van der Waals surface area contributed by atoms with E-state index in [0.717, 1.165) is 19.3 Å². The highest BCUT2D eigenvalue weighted by Gasteiger charge is 2.32. The minimum atomic E-state index is -3.13. The first-order valence-electron chi connectivity index (χ1n) is 6.57. The van der Waals surface area contributed by atoms with Gasteiger partial charge in [-0.3, -0.25) is 0 Å².